The van der Waals surface area contributed by atoms with E-state index in [2.05, 4.69) is 36.7 Å². The number of carbonyl (C=O) groups is 1. The number of hydrogen-bond donors (Lipinski definition) is 0. The van der Waals surface area contributed by atoms with Gasteiger partial charge in [0.1, 0.15) is 0 Å². The van der Waals surface area contributed by atoms with E-state index in [9.17, 15) is 4.79 Å². The van der Waals surface area contributed by atoms with Gasteiger partial charge in [0.05, 0.1) is 5.02 Å². The van der Waals surface area contributed by atoms with Crippen molar-refractivity contribution < 1.29 is 4.79 Å². The van der Waals surface area contributed by atoms with Crippen LogP contribution in [-0.4, -0.2) is 23.4 Å². The van der Waals surface area contributed by atoms with Crippen LogP contribution in [0.4, 0.5) is 0 Å². The Morgan fingerprint density at radius 1 is 1.47 bits per heavy atom. The number of rotatable bonds is 3. The highest BCUT2D eigenvalue weighted by molar-refractivity contribution is 9.10. The molecule has 0 unspecified atom stereocenters. The molecular weight excluding hydrogens is 302 g/mol. The summed E-state index contributed by atoms with van der Waals surface area (Å²) in [4.78, 5) is 14.0. The van der Waals surface area contributed by atoms with Gasteiger partial charge in [0.15, 0.2) is 0 Å². The van der Waals surface area contributed by atoms with Gasteiger partial charge in [0, 0.05) is 22.6 Å². The van der Waals surface area contributed by atoms with Crippen molar-refractivity contribution in [2.75, 3.05) is 7.05 Å². The van der Waals surface area contributed by atoms with Gasteiger partial charge < -0.3 is 4.90 Å². The molecule has 4 heteroatoms. The van der Waals surface area contributed by atoms with E-state index in [-0.39, 0.29) is 11.4 Å². The third kappa shape index (κ3) is 3.23. The summed E-state index contributed by atoms with van der Waals surface area (Å²) in [6.45, 7) is 6.17. The number of benzene rings is 1. The van der Waals surface area contributed by atoms with E-state index in [4.69, 9.17) is 11.6 Å². The molecule has 0 saturated carbocycles. The number of amides is 1. The Bertz CT molecular complexity index is 431. The van der Waals surface area contributed by atoms with Gasteiger partial charge in [-0.1, -0.05) is 18.5 Å². The Balaban J connectivity index is 3.01. The molecule has 0 N–H and O–H groups in total. The van der Waals surface area contributed by atoms with Gasteiger partial charge in [-0.05, 0) is 54.4 Å². The molecule has 17 heavy (non-hydrogen) atoms. The van der Waals surface area contributed by atoms with Crippen LogP contribution in [0.2, 0.25) is 5.02 Å². The van der Waals surface area contributed by atoms with Crippen LogP contribution in [0.3, 0.4) is 0 Å². The number of halogens is 2. The number of nitrogens with zero attached hydrogens (tertiary/aromatic N) is 1. The van der Waals surface area contributed by atoms with E-state index in [1.54, 1.807) is 23.1 Å². The normalized spacial score (nSPS) is 11.4. The molecule has 0 saturated heterocycles. The van der Waals surface area contributed by atoms with Gasteiger partial charge in [0.2, 0.25) is 0 Å². The Morgan fingerprint density at radius 3 is 2.53 bits per heavy atom. The van der Waals surface area contributed by atoms with E-state index < -0.39 is 0 Å². The first-order valence-corrected chi connectivity index (χ1v) is 6.70. The largest absolute Gasteiger partial charge is 0.337 e. The van der Waals surface area contributed by atoms with E-state index >= 15 is 0 Å². The summed E-state index contributed by atoms with van der Waals surface area (Å²) < 4.78 is 0.743. The van der Waals surface area contributed by atoms with Crippen LogP contribution in [0.5, 0.6) is 0 Å². The van der Waals surface area contributed by atoms with Crippen molar-refractivity contribution in [3.05, 3.63) is 33.3 Å². The van der Waals surface area contributed by atoms with Crippen molar-refractivity contribution in [1.82, 2.24) is 4.90 Å². The average Bonchev–Trinajstić information content (AvgIpc) is 2.30. The lowest BCUT2D eigenvalue weighted by molar-refractivity contribution is 0.0620. The standard InChI is InChI=1S/C13H17BrClNO/c1-5-13(2,3)16(4)12(17)9-6-7-11(15)10(14)8-9/h6-8H,5H2,1-4H3. The van der Waals surface area contributed by atoms with Gasteiger partial charge in [-0.15, -0.1) is 0 Å². The van der Waals surface area contributed by atoms with Crippen molar-refractivity contribution in [2.45, 2.75) is 32.7 Å². The Labute approximate surface area is 116 Å². The summed E-state index contributed by atoms with van der Waals surface area (Å²) in [5, 5.41) is 0.610. The summed E-state index contributed by atoms with van der Waals surface area (Å²) in [6.07, 6.45) is 0.907. The molecule has 0 aliphatic rings. The average molecular weight is 319 g/mol. The van der Waals surface area contributed by atoms with Crippen LogP contribution >= 0.6 is 27.5 Å². The molecule has 0 aromatic heterocycles. The van der Waals surface area contributed by atoms with Crippen molar-refractivity contribution in [2.24, 2.45) is 0 Å². The first-order valence-electron chi connectivity index (χ1n) is 5.53. The van der Waals surface area contributed by atoms with Crippen LogP contribution in [-0.2, 0) is 0 Å². The topological polar surface area (TPSA) is 20.3 Å². The molecule has 2 nitrogen and oxygen atoms in total. The molecule has 0 atom stereocenters. The molecule has 94 valence electrons. The molecule has 0 spiro atoms. The predicted molar refractivity (Wildman–Crippen MR) is 75.6 cm³/mol. The highest BCUT2D eigenvalue weighted by Gasteiger charge is 2.26. The first kappa shape index (κ1) is 14.5. The van der Waals surface area contributed by atoms with E-state index in [1.165, 1.54) is 0 Å². The summed E-state index contributed by atoms with van der Waals surface area (Å²) in [6, 6.07) is 5.23. The van der Waals surface area contributed by atoms with Crippen LogP contribution in [0, 0.1) is 0 Å². The second-order valence-electron chi connectivity index (χ2n) is 4.66. The molecule has 1 aromatic carbocycles. The minimum absolute atomic E-state index is 0.00853. The zero-order valence-corrected chi connectivity index (χ0v) is 12.9. The summed E-state index contributed by atoms with van der Waals surface area (Å²) >= 11 is 9.24. The summed E-state index contributed by atoms with van der Waals surface area (Å²) in [5.74, 6) is 0.00853. The number of hydrogen-bond acceptors (Lipinski definition) is 1. The molecule has 0 radical (unpaired) electrons. The summed E-state index contributed by atoms with van der Waals surface area (Å²) in [7, 11) is 1.83. The first-order chi connectivity index (χ1) is 7.79. The highest BCUT2D eigenvalue weighted by Crippen LogP contribution is 2.25. The molecule has 0 aliphatic carbocycles. The minimum Gasteiger partial charge on any atom is -0.337 e. The lowest BCUT2D eigenvalue weighted by atomic mass is 9.99. The van der Waals surface area contributed by atoms with Crippen LogP contribution in [0.15, 0.2) is 22.7 Å². The Kier molecular flexibility index (Phi) is 4.62. The molecule has 0 fully saturated rings. The molecule has 1 rings (SSSR count). The third-order valence-corrected chi connectivity index (χ3v) is 4.46. The lowest BCUT2D eigenvalue weighted by Gasteiger charge is -2.35. The maximum Gasteiger partial charge on any atom is 0.254 e. The molecule has 0 heterocycles. The van der Waals surface area contributed by atoms with Gasteiger partial charge in [-0.3, -0.25) is 4.79 Å². The molecule has 0 bridgehead atoms. The highest BCUT2D eigenvalue weighted by atomic mass is 79.9. The SMILES string of the molecule is CCC(C)(C)N(C)C(=O)c1ccc(Cl)c(Br)c1. The fourth-order valence-corrected chi connectivity index (χ4v) is 1.83. The predicted octanol–water partition coefficient (Wildman–Crippen LogP) is 4.36. The van der Waals surface area contributed by atoms with Gasteiger partial charge in [-0.25, -0.2) is 0 Å². The molecule has 1 amide bonds. The smallest absolute Gasteiger partial charge is 0.254 e. The van der Waals surface area contributed by atoms with E-state index in [1.807, 2.05) is 7.05 Å². The van der Waals surface area contributed by atoms with Gasteiger partial charge >= 0.3 is 0 Å². The van der Waals surface area contributed by atoms with Gasteiger partial charge in [0.25, 0.3) is 5.91 Å². The van der Waals surface area contributed by atoms with Crippen LogP contribution < -0.4 is 0 Å². The van der Waals surface area contributed by atoms with E-state index in [0.29, 0.717) is 10.6 Å². The van der Waals surface area contributed by atoms with Crippen LogP contribution in [0.1, 0.15) is 37.6 Å². The maximum atomic E-state index is 12.3. The molecular formula is C13H17BrClNO. The fourth-order valence-electron chi connectivity index (χ4n) is 1.33. The van der Waals surface area contributed by atoms with Gasteiger partial charge in [-0.2, -0.15) is 0 Å². The molecule has 1 aromatic rings. The maximum absolute atomic E-state index is 12.3. The zero-order chi connectivity index (χ0) is 13.2. The van der Waals surface area contributed by atoms with Crippen molar-refractivity contribution in [1.29, 1.82) is 0 Å². The number of carbonyl (C=O) groups excluding carboxylic acids is 1. The molecule has 0 aliphatic heterocycles. The van der Waals surface area contributed by atoms with Crippen molar-refractivity contribution >= 4 is 33.4 Å². The quantitative estimate of drug-likeness (QED) is 0.810. The fraction of sp³-hybridized carbons (Fsp3) is 0.462. The van der Waals surface area contributed by atoms with Crippen LogP contribution in [0.25, 0.3) is 0 Å². The summed E-state index contributed by atoms with van der Waals surface area (Å²) in [5.41, 5.74) is 0.494. The Hall–Kier alpha value is -0.540. The second kappa shape index (κ2) is 5.40. The second-order valence-corrected chi connectivity index (χ2v) is 5.92. The Morgan fingerprint density at radius 2 is 2.06 bits per heavy atom. The zero-order valence-electron chi connectivity index (χ0n) is 10.6. The lowest BCUT2D eigenvalue weighted by Crippen LogP contribution is -2.44. The monoisotopic (exact) mass is 317 g/mol. The van der Waals surface area contributed by atoms with Crippen molar-refractivity contribution in [3.8, 4) is 0 Å². The minimum atomic E-state index is -0.150. The van der Waals surface area contributed by atoms with E-state index in [0.717, 1.165) is 10.9 Å². The van der Waals surface area contributed by atoms with Crippen molar-refractivity contribution in [3.63, 3.8) is 0 Å². The third-order valence-electron chi connectivity index (χ3n) is 3.24.